The Morgan fingerprint density at radius 1 is 0.857 bits per heavy atom. The molecule has 0 bridgehead atoms. The number of carbonyl (C=O) groups is 3. The molecule has 0 saturated heterocycles. The van der Waals surface area contributed by atoms with Crippen LogP contribution in [0.2, 0.25) is 10.0 Å². The van der Waals surface area contributed by atoms with E-state index in [1.807, 2.05) is 0 Å². The van der Waals surface area contributed by atoms with Gasteiger partial charge in [-0.3, -0.25) is 9.59 Å². The number of esters is 1. The predicted molar refractivity (Wildman–Crippen MR) is 161 cm³/mol. The summed E-state index contributed by atoms with van der Waals surface area (Å²) in [6, 6.07) is 22.4. The number of nitrogens with one attached hydrogen (secondary N) is 2. The van der Waals surface area contributed by atoms with Crippen LogP contribution in [0.1, 0.15) is 43.6 Å². The van der Waals surface area contributed by atoms with Crippen molar-refractivity contribution in [1.82, 2.24) is 5.43 Å². The van der Waals surface area contributed by atoms with E-state index in [2.05, 4.69) is 15.8 Å². The Morgan fingerprint density at radius 3 is 2.36 bits per heavy atom. The monoisotopic (exact) mass is 605 g/mol. The summed E-state index contributed by atoms with van der Waals surface area (Å²) in [5, 5.41) is 7.34. The van der Waals surface area contributed by atoms with Gasteiger partial charge in [0.25, 0.3) is 11.8 Å². The van der Waals surface area contributed by atoms with Crippen molar-refractivity contribution < 1.29 is 28.6 Å². The zero-order valence-corrected chi connectivity index (χ0v) is 24.0. The van der Waals surface area contributed by atoms with Crippen LogP contribution in [0.3, 0.4) is 0 Å². The number of nitrogens with zero attached hydrogens (tertiary/aromatic N) is 1. The van der Waals surface area contributed by atoms with Crippen LogP contribution >= 0.6 is 23.2 Å². The number of hydrogen-bond donors (Lipinski definition) is 2. The van der Waals surface area contributed by atoms with Gasteiger partial charge in [0.1, 0.15) is 5.75 Å². The van der Waals surface area contributed by atoms with Crippen molar-refractivity contribution in [3.63, 3.8) is 0 Å². The lowest BCUT2D eigenvalue weighted by atomic mass is 10.1. The molecule has 0 unspecified atom stereocenters. The van der Waals surface area contributed by atoms with Crippen molar-refractivity contribution in [2.24, 2.45) is 5.10 Å². The highest BCUT2D eigenvalue weighted by Crippen LogP contribution is 2.30. The molecule has 4 aromatic rings. The minimum Gasteiger partial charge on any atom is -0.497 e. The summed E-state index contributed by atoms with van der Waals surface area (Å²) in [7, 11) is 1.55. The van der Waals surface area contributed by atoms with E-state index in [-0.39, 0.29) is 27.8 Å². The van der Waals surface area contributed by atoms with E-state index in [0.717, 1.165) is 0 Å². The number of halogens is 2. The second kappa shape index (κ2) is 14.2. The number of ether oxygens (including phenoxy) is 3. The van der Waals surface area contributed by atoms with Gasteiger partial charge in [0, 0.05) is 21.8 Å². The molecule has 4 aromatic carbocycles. The van der Waals surface area contributed by atoms with Crippen LogP contribution in [0.15, 0.2) is 90.0 Å². The molecule has 2 N–H and O–H groups in total. The summed E-state index contributed by atoms with van der Waals surface area (Å²) in [5.41, 5.74) is 4.36. The average molecular weight is 606 g/mol. The lowest BCUT2D eigenvalue weighted by Crippen LogP contribution is -2.18. The molecular weight excluding hydrogens is 581 g/mol. The molecule has 2 amide bonds. The molecule has 0 fully saturated rings. The van der Waals surface area contributed by atoms with E-state index >= 15 is 0 Å². The molecule has 42 heavy (non-hydrogen) atoms. The van der Waals surface area contributed by atoms with E-state index in [1.165, 1.54) is 30.5 Å². The van der Waals surface area contributed by atoms with Crippen molar-refractivity contribution in [1.29, 1.82) is 0 Å². The molecule has 9 nitrogen and oxygen atoms in total. The van der Waals surface area contributed by atoms with Gasteiger partial charge in [-0.25, -0.2) is 10.2 Å². The number of amides is 2. The predicted octanol–water partition coefficient (Wildman–Crippen LogP) is 6.64. The number of methoxy groups -OCH3 is 1. The quantitative estimate of drug-likeness (QED) is 0.0906. The van der Waals surface area contributed by atoms with Gasteiger partial charge in [-0.15, -0.1) is 0 Å². The molecule has 0 aromatic heterocycles. The number of hydrazone groups is 1. The number of benzene rings is 4. The van der Waals surface area contributed by atoms with Gasteiger partial charge in [0.2, 0.25) is 0 Å². The zero-order chi connectivity index (χ0) is 30.1. The fourth-order valence-corrected chi connectivity index (χ4v) is 4.17. The fraction of sp³-hybridized carbons (Fsp3) is 0.0968. The van der Waals surface area contributed by atoms with E-state index in [9.17, 15) is 14.4 Å². The Balaban J connectivity index is 1.39. The smallest absolute Gasteiger partial charge is 0.345 e. The first-order chi connectivity index (χ1) is 20.3. The minimum absolute atomic E-state index is 0.154. The second-order valence-corrected chi connectivity index (χ2v) is 9.46. The number of carbonyl (C=O) groups excluding carboxylic acids is 3. The fourth-order valence-electron chi connectivity index (χ4n) is 3.68. The number of anilines is 1. The molecule has 0 aliphatic carbocycles. The Bertz CT molecular complexity index is 1640. The van der Waals surface area contributed by atoms with Crippen LogP contribution in [0.25, 0.3) is 0 Å². The summed E-state index contributed by atoms with van der Waals surface area (Å²) in [5.74, 6) is -0.368. The Morgan fingerprint density at radius 2 is 1.64 bits per heavy atom. The van der Waals surface area contributed by atoms with Crippen LogP contribution in [0.5, 0.6) is 17.2 Å². The zero-order valence-electron chi connectivity index (χ0n) is 22.5. The van der Waals surface area contributed by atoms with Crippen molar-refractivity contribution in [3.8, 4) is 17.2 Å². The van der Waals surface area contributed by atoms with Crippen LogP contribution in [0.4, 0.5) is 5.69 Å². The first-order valence-electron chi connectivity index (χ1n) is 12.6. The maximum atomic E-state index is 12.7. The Labute approximate surface area is 252 Å². The first-order valence-corrected chi connectivity index (χ1v) is 13.4. The molecule has 0 atom stereocenters. The highest BCUT2D eigenvalue weighted by atomic mass is 35.5. The molecule has 0 radical (unpaired) electrons. The molecule has 0 aliphatic rings. The van der Waals surface area contributed by atoms with Crippen molar-refractivity contribution in [3.05, 3.63) is 117 Å². The SMILES string of the molecule is CCOc1cc(C=NNC(=O)c2cccc(NC(=O)c3ccc(OC)cc3)c2)ccc1OC(=O)c1ccc(Cl)cc1Cl. The van der Waals surface area contributed by atoms with Crippen LogP contribution in [-0.2, 0) is 0 Å². The van der Waals surface area contributed by atoms with Crippen molar-refractivity contribution in [2.45, 2.75) is 6.92 Å². The lowest BCUT2D eigenvalue weighted by Gasteiger charge is -2.12. The van der Waals surface area contributed by atoms with Crippen LogP contribution in [0, 0.1) is 0 Å². The summed E-state index contributed by atoms with van der Waals surface area (Å²) < 4.78 is 16.2. The largest absolute Gasteiger partial charge is 0.497 e. The summed E-state index contributed by atoms with van der Waals surface area (Å²) in [6.45, 7) is 2.10. The molecule has 0 saturated carbocycles. The second-order valence-electron chi connectivity index (χ2n) is 8.62. The van der Waals surface area contributed by atoms with Crippen LogP contribution in [-0.4, -0.2) is 37.7 Å². The standard InChI is InChI=1S/C31H25Cl2N3O6/c1-3-41-28-15-19(7-14-27(28)42-31(39)25-13-10-22(32)17-26(25)33)18-34-36-30(38)21-5-4-6-23(16-21)35-29(37)20-8-11-24(40-2)12-9-20/h4-18H,3H2,1-2H3,(H,35,37)(H,36,38). The van der Waals surface area contributed by atoms with Gasteiger partial charge >= 0.3 is 5.97 Å². The van der Waals surface area contributed by atoms with Gasteiger partial charge in [0.15, 0.2) is 11.5 Å². The molecule has 11 heteroatoms. The topological polar surface area (TPSA) is 115 Å². The summed E-state index contributed by atoms with van der Waals surface area (Å²) in [6.07, 6.45) is 1.41. The molecule has 4 rings (SSSR count). The van der Waals surface area contributed by atoms with Crippen molar-refractivity contribution >= 4 is 52.9 Å². The normalized spacial score (nSPS) is 10.7. The van der Waals surface area contributed by atoms with Crippen LogP contribution < -0.4 is 25.0 Å². The Hall–Kier alpha value is -4.86. The van der Waals surface area contributed by atoms with E-state index in [4.69, 9.17) is 37.4 Å². The van der Waals surface area contributed by atoms with Gasteiger partial charge < -0.3 is 19.5 Å². The van der Waals surface area contributed by atoms with E-state index < -0.39 is 11.9 Å². The highest BCUT2D eigenvalue weighted by molar-refractivity contribution is 6.36. The van der Waals surface area contributed by atoms with E-state index in [0.29, 0.717) is 39.9 Å². The van der Waals surface area contributed by atoms with Gasteiger partial charge in [-0.2, -0.15) is 5.10 Å². The minimum atomic E-state index is -0.672. The molecule has 0 aliphatic heterocycles. The molecular formula is C31H25Cl2N3O6. The maximum absolute atomic E-state index is 12.7. The summed E-state index contributed by atoms with van der Waals surface area (Å²) in [4.78, 5) is 37.9. The summed E-state index contributed by atoms with van der Waals surface area (Å²) >= 11 is 12.0. The molecule has 0 heterocycles. The first kappa shape index (κ1) is 30.1. The number of rotatable bonds is 10. The Kier molecular flexibility index (Phi) is 10.1. The lowest BCUT2D eigenvalue weighted by molar-refractivity contribution is 0.0728. The van der Waals surface area contributed by atoms with Gasteiger partial charge in [0.05, 0.1) is 30.5 Å². The molecule has 214 valence electrons. The average Bonchev–Trinajstić information content (AvgIpc) is 2.98. The molecule has 0 spiro atoms. The third kappa shape index (κ3) is 7.87. The van der Waals surface area contributed by atoms with Gasteiger partial charge in [-0.05, 0) is 91.3 Å². The third-order valence-electron chi connectivity index (χ3n) is 5.74. The van der Waals surface area contributed by atoms with Gasteiger partial charge in [-0.1, -0.05) is 29.3 Å². The van der Waals surface area contributed by atoms with E-state index in [1.54, 1.807) is 74.7 Å². The van der Waals surface area contributed by atoms with Crippen molar-refractivity contribution in [2.75, 3.05) is 19.0 Å². The maximum Gasteiger partial charge on any atom is 0.345 e. The third-order valence-corrected chi connectivity index (χ3v) is 6.28. The number of hydrogen-bond acceptors (Lipinski definition) is 7. The highest BCUT2D eigenvalue weighted by Gasteiger charge is 2.16.